The molecule has 0 radical (unpaired) electrons. The molecule has 1 fully saturated rings. The van der Waals surface area contributed by atoms with E-state index in [9.17, 15) is 9.59 Å². The normalized spacial score (nSPS) is 15.7. The molecule has 0 bridgehead atoms. The fourth-order valence-electron chi connectivity index (χ4n) is 3.05. The zero-order chi connectivity index (χ0) is 17.1. The minimum atomic E-state index is -0.165. The van der Waals surface area contributed by atoms with Gasteiger partial charge in [-0.25, -0.2) is 4.98 Å². The number of piperidine rings is 1. The minimum absolute atomic E-state index is 0.0203. The number of nitrogens with zero attached hydrogens (tertiary/aromatic N) is 3. The molecule has 0 aromatic carbocycles. The van der Waals surface area contributed by atoms with Gasteiger partial charge in [0.1, 0.15) is 5.82 Å². The lowest BCUT2D eigenvalue weighted by atomic mass is 9.95. The Morgan fingerprint density at radius 2 is 2.00 bits per heavy atom. The summed E-state index contributed by atoms with van der Waals surface area (Å²) < 4.78 is 0. The van der Waals surface area contributed by atoms with Crippen LogP contribution >= 0.6 is 0 Å². The number of rotatable bonds is 3. The van der Waals surface area contributed by atoms with Gasteiger partial charge in [0.05, 0.1) is 11.4 Å². The van der Waals surface area contributed by atoms with Gasteiger partial charge in [0.15, 0.2) is 0 Å². The maximum Gasteiger partial charge on any atom is 0.251 e. The standard InChI is InChI=1S/C18H22N4O2/c1-12(2)18(24)22-9-6-13(7-10-22)17-20-15(11-16(23)21-17)14-5-3-4-8-19-14/h3-5,8,11-13H,6-7,9-10H2,1-2H3,(H,20,21,23). The van der Waals surface area contributed by atoms with E-state index in [0.717, 1.165) is 12.8 Å². The molecular weight excluding hydrogens is 304 g/mol. The zero-order valence-electron chi connectivity index (χ0n) is 14.0. The van der Waals surface area contributed by atoms with Crippen LogP contribution in [-0.2, 0) is 4.79 Å². The molecule has 1 saturated heterocycles. The molecule has 1 aliphatic heterocycles. The number of hydrogen-bond acceptors (Lipinski definition) is 4. The summed E-state index contributed by atoms with van der Waals surface area (Å²) in [4.78, 5) is 37.7. The van der Waals surface area contributed by atoms with Gasteiger partial charge < -0.3 is 9.88 Å². The molecule has 1 N–H and O–H groups in total. The van der Waals surface area contributed by atoms with Gasteiger partial charge in [0.2, 0.25) is 5.91 Å². The molecule has 3 heterocycles. The van der Waals surface area contributed by atoms with Crippen molar-refractivity contribution in [1.29, 1.82) is 0 Å². The van der Waals surface area contributed by atoms with E-state index in [-0.39, 0.29) is 23.3 Å². The highest BCUT2D eigenvalue weighted by molar-refractivity contribution is 5.78. The zero-order valence-corrected chi connectivity index (χ0v) is 14.0. The minimum Gasteiger partial charge on any atom is -0.342 e. The van der Waals surface area contributed by atoms with E-state index in [1.54, 1.807) is 6.20 Å². The summed E-state index contributed by atoms with van der Waals surface area (Å²) in [6, 6.07) is 7.03. The van der Waals surface area contributed by atoms with E-state index in [1.807, 2.05) is 36.9 Å². The highest BCUT2D eigenvalue weighted by atomic mass is 16.2. The van der Waals surface area contributed by atoms with Gasteiger partial charge in [-0.05, 0) is 25.0 Å². The fraction of sp³-hybridized carbons (Fsp3) is 0.444. The van der Waals surface area contributed by atoms with Gasteiger partial charge in [-0.2, -0.15) is 0 Å². The first-order chi connectivity index (χ1) is 11.5. The number of pyridine rings is 1. The van der Waals surface area contributed by atoms with Crippen LogP contribution in [-0.4, -0.2) is 38.8 Å². The third-order valence-corrected chi connectivity index (χ3v) is 4.37. The molecule has 0 unspecified atom stereocenters. The Labute approximate surface area is 141 Å². The Balaban J connectivity index is 1.78. The van der Waals surface area contributed by atoms with Crippen LogP contribution < -0.4 is 5.56 Å². The van der Waals surface area contributed by atoms with Crippen LogP contribution in [0, 0.1) is 5.92 Å². The van der Waals surface area contributed by atoms with E-state index in [1.165, 1.54) is 6.07 Å². The van der Waals surface area contributed by atoms with Gasteiger partial charge in [0, 0.05) is 37.2 Å². The predicted molar refractivity (Wildman–Crippen MR) is 91.5 cm³/mol. The third-order valence-electron chi connectivity index (χ3n) is 4.37. The molecule has 0 atom stereocenters. The summed E-state index contributed by atoms with van der Waals surface area (Å²) in [6.07, 6.45) is 3.31. The Hall–Kier alpha value is -2.50. The lowest BCUT2D eigenvalue weighted by Gasteiger charge is -2.32. The average molecular weight is 326 g/mol. The first-order valence-electron chi connectivity index (χ1n) is 8.36. The van der Waals surface area contributed by atoms with Crippen molar-refractivity contribution in [2.24, 2.45) is 5.92 Å². The number of carbonyl (C=O) groups excluding carboxylic acids is 1. The van der Waals surface area contributed by atoms with E-state index >= 15 is 0 Å². The second kappa shape index (κ2) is 6.95. The molecule has 0 aliphatic carbocycles. The number of likely N-dealkylation sites (tertiary alicyclic amines) is 1. The van der Waals surface area contributed by atoms with Crippen LogP contribution in [0.2, 0.25) is 0 Å². The largest absolute Gasteiger partial charge is 0.342 e. The van der Waals surface area contributed by atoms with E-state index in [4.69, 9.17) is 0 Å². The quantitative estimate of drug-likeness (QED) is 0.938. The van der Waals surface area contributed by atoms with Crippen molar-refractivity contribution in [3.05, 3.63) is 46.6 Å². The number of aromatic nitrogens is 3. The summed E-state index contributed by atoms with van der Waals surface area (Å²) in [6.45, 7) is 5.26. The number of H-pyrrole nitrogens is 1. The van der Waals surface area contributed by atoms with Gasteiger partial charge in [-0.3, -0.25) is 14.6 Å². The molecule has 6 nitrogen and oxygen atoms in total. The van der Waals surface area contributed by atoms with Crippen LogP contribution in [0.25, 0.3) is 11.4 Å². The lowest BCUT2D eigenvalue weighted by molar-refractivity contribution is -0.135. The Bertz CT molecular complexity index is 762. The van der Waals surface area contributed by atoms with Crippen molar-refractivity contribution in [1.82, 2.24) is 19.9 Å². The Kier molecular flexibility index (Phi) is 4.74. The molecule has 1 aliphatic rings. The van der Waals surface area contributed by atoms with Crippen LogP contribution in [0.15, 0.2) is 35.3 Å². The summed E-state index contributed by atoms with van der Waals surface area (Å²) in [5.74, 6) is 1.07. The van der Waals surface area contributed by atoms with Crippen molar-refractivity contribution in [3.63, 3.8) is 0 Å². The van der Waals surface area contributed by atoms with Crippen LogP contribution in [0.5, 0.6) is 0 Å². The second-order valence-corrected chi connectivity index (χ2v) is 6.49. The van der Waals surface area contributed by atoms with E-state index in [2.05, 4.69) is 15.0 Å². The van der Waals surface area contributed by atoms with E-state index < -0.39 is 0 Å². The van der Waals surface area contributed by atoms with Gasteiger partial charge >= 0.3 is 0 Å². The monoisotopic (exact) mass is 326 g/mol. The number of carbonyl (C=O) groups is 1. The number of aromatic amines is 1. The summed E-state index contributed by atoms with van der Waals surface area (Å²) in [5.41, 5.74) is 1.12. The van der Waals surface area contributed by atoms with Gasteiger partial charge in [-0.1, -0.05) is 19.9 Å². The molecule has 126 valence electrons. The third kappa shape index (κ3) is 3.53. The topological polar surface area (TPSA) is 79.0 Å². The SMILES string of the molecule is CC(C)C(=O)N1CCC(c2nc(-c3ccccn3)cc(=O)[nH]2)CC1. The number of amides is 1. The van der Waals surface area contributed by atoms with Crippen molar-refractivity contribution < 1.29 is 4.79 Å². The summed E-state index contributed by atoms with van der Waals surface area (Å²) in [7, 11) is 0. The predicted octanol–water partition coefficient (Wildman–Crippen LogP) is 2.19. The average Bonchev–Trinajstić information content (AvgIpc) is 2.61. The molecule has 0 spiro atoms. The van der Waals surface area contributed by atoms with Crippen LogP contribution in [0.3, 0.4) is 0 Å². The Morgan fingerprint density at radius 1 is 1.25 bits per heavy atom. The van der Waals surface area contributed by atoms with Crippen LogP contribution in [0.1, 0.15) is 38.4 Å². The Morgan fingerprint density at radius 3 is 2.62 bits per heavy atom. The summed E-state index contributed by atoms with van der Waals surface area (Å²) >= 11 is 0. The molecule has 3 rings (SSSR count). The molecule has 2 aromatic rings. The highest BCUT2D eigenvalue weighted by Crippen LogP contribution is 2.26. The first-order valence-corrected chi connectivity index (χ1v) is 8.36. The molecule has 6 heteroatoms. The maximum absolute atomic E-state index is 12.1. The highest BCUT2D eigenvalue weighted by Gasteiger charge is 2.26. The lowest BCUT2D eigenvalue weighted by Crippen LogP contribution is -2.40. The molecular formula is C18H22N4O2. The van der Waals surface area contributed by atoms with Crippen molar-refractivity contribution in [2.75, 3.05) is 13.1 Å². The molecule has 24 heavy (non-hydrogen) atoms. The summed E-state index contributed by atoms with van der Waals surface area (Å²) in [5, 5.41) is 0. The fourth-order valence-corrected chi connectivity index (χ4v) is 3.05. The molecule has 2 aromatic heterocycles. The van der Waals surface area contributed by atoms with E-state index in [0.29, 0.717) is 30.3 Å². The number of nitrogens with one attached hydrogen (secondary N) is 1. The number of hydrogen-bond donors (Lipinski definition) is 1. The van der Waals surface area contributed by atoms with Crippen molar-refractivity contribution >= 4 is 5.91 Å². The molecule has 1 amide bonds. The van der Waals surface area contributed by atoms with Crippen molar-refractivity contribution in [2.45, 2.75) is 32.6 Å². The van der Waals surface area contributed by atoms with Gasteiger partial charge in [-0.15, -0.1) is 0 Å². The molecule has 0 saturated carbocycles. The second-order valence-electron chi connectivity index (χ2n) is 6.49. The first kappa shape index (κ1) is 16.4. The maximum atomic E-state index is 12.1. The van der Waals surface area contributed by atoms with Crippen LogP contribution in [0.4, 0.5) is 0 Å². The van der Waals surface area contributed by atoms with Gasteiger partial charge in [0.25, 0.3) is 5.56 Å². The smallest absolute Gasteiger partial charge is 0.251 e. The van der Waals surface area contributed by atoms with Crippen molar-refractivity contribution in [3.8, 4) is 11.4 Å².